The van der Waals surface area contributed by atoms with Gasteiger partial charge in [0.15, 0.2) is 0 Å². The molecule has 0 rings (SSSR count). The highest BCUT2D eigenvalue weighted by Crippen LogP contribution is 2.08. The van der Waals surface area contributed by atoms with E-state index in [1.54, 1.807) is 13.2 Å². The molecule has 0 aromatic heterocycles. The van der Waals surface area contributed by atoms with Gasteiger partial charge in [-0.05, 0) is 27.7 Å². The van der Waals surface area contributed by atoms with E-state index in [1.165, 1.54) is 0 Å². The van der Waals surface area contributed by atoms with Gasteiger partial charge in [0.1, 0.15) is 11.6 Å². The van der Waals surface area contributed by atoms with Gasteiger partial charge in [0.05, 0.1) is 0 Å². The zero-order valence-corrected chi connectivity index (χ0v) is 10.9. The van der Waals surface area contributed by atoms with Crippen molar-refractivity contribution >= 4 is 16.8 Å². The molecule has 1 N–H and O–H groups in total. The average Bonchev–Trinajstić information content (AvgIpc) is 1.99. The smallest absolute Gasteiger partial charge is 0.323 e. The van der Waals surface area contributed by atoms with Gasteiger partial charge in [0.25, 0.3) is 0 Å². The molecule has 0 aromatic carbocycles. The third-order valence-electron chi connectivity index (χ3n) is 1.60. The zero-order valence-electron chi connectivity index (χ0n) is 10.1. The first kappa shape index (κ1) is 14.6. The summed E-state index contributed by atoms with van der Waals surface area (Å²) in [6.45, 7) is 7.80. The highest BCUT2D eigenvalue weighted by molar-refractivity contribution is 7.84. The lowest BCUT2D eigenvalue weighted by Crippen LogP contribution is -2.40. The summed E-state index contributed by atoms with van der Waals surface area (Å²) < 4.78 is 16.0. The molecular weight excluding hydrogens is 214 g/mol. The number of hydrogen-bond donors (Lipinski definition) is 1. The van der Waals surface area contributed by atoms with E-state index >= 15 is 0 Å². The van der Waals surface area contributed by atoms with Crippen LogP contribution in [0.3, 0.4) is 0 Å². The first-order valence-electron chi connectivity index (χ1n) is 4.98. The average molecular weight is 235 g/mol. The van der Waals surface area contributed by atoms with Crippen molar-refractivity contribution in [3.05, 3.63) is 0 Å². The van der Waals surface area contributed by atoms with E-state index < -0.39 is 16.4 Å². The van der Waals surface area contributed by atoms with Crippen LogP contribution >= 0.6 is 0 Å². The Labute approximate surface area is 94.2 Å². The SMILES string of the molecule is CC(NCCS(C)=O)C(=O)OC(C)(C)C. The van der Waals surface area contributed by atoms with Crippen LogP contribution in [0.25, 0.3) is 0 Å². The molecule has 0 aliphatic heterocycles. The molecule has 0 aliphatic carbocycles. The number of ether oxygens (including phenoxy) is 1. The Kier molecular flexibility index (Phi) is 6.05. The van der Waals surface area contributed by atoms with E-state index in [1.807, 2.05) is 20.8 Å². The van der Waals surface area contributed by atoms with Gasteiger partial charge in [-0.25, -0.2) is 0 Å². The number of rotatable bonds is 5. The van der Waals surface area contributed by atoms with Crippen molar-refractivity contribution in [1.29, 1.82) is 0 Å². The van der Waals surface area contributed by atoms with E-state index in [4.69, 9.17) is 4.74 Å². The molecule has 0 amide bonds. The van der Waals surface area contributed by atoms with Gasteiger partial charge in [0, 0.05) is 29.4 Å². The van der Waals surface area contributed by atoms with Gasteiger partial charge in [-0.1, -0.05) is 0 Å². The summed E-state index contributed by atoms with van der Waals surface area (Å²) in [4.78, 5) is 11.5. The van der Waals surface area contributed by atoms with Crippen molar-refractivity contribution in [3.63, 3.8) is 0 Å². The molecule has 2 unspecified atom stereocenters. The van der Waals surface area contributed by atoms with Gasteiger partial charge >= 0.3 is 5.97 Å². The second-order valence-corrected chi connectivity index (χ2v) is 6.04. The Morgan fingerprint density at radius 2 is 2.00 bits per heavy atom. The molecule has 0 aromatic rings. The second kappa shape index (κ2) is 6.23. The number of hydrogen-bond acceptors (Lipinski definition) is 4. The summed E-state index contributed by atoms with van der Waals surface area (Å²) in [5, 5.41) is 2.97. The van der Waals surface area contributed by atoms with Crippen LogP contribution in [0.15, 0.2) is 0 Å². The number of nitrogens with one attached hydrogen (secondary N) is 1. The minimum atomic E-state index is -0.829. The molecule has 0 spiro atoms. The summed E-state index contributed by atoms with van der Waals surface area (Å²) >= 11 is 0. The van der Waals surface area contributed by atoms with E-state index in [-0.39, 0.29) is 12.0 Å². The molecule has 0 aliphatic rings. The number of carbonyl (C=O) groups excluding carboxylic acids is 1. The molecule has 90 valence electrons. The Balaban J connectivity index is 3.85. The van der Waals surface area contributed by atoms with E-state index in [9.17, 15) is 9.00 Å². The van der Waals surface area contributed by atoms with E-state index in [0.29, 0.717) is 12.3 Å². The largest absolute Gasteiger partial charge is 0.459 e. The van der Waals surface area contributed by atoms with E-state index in [0.717, 1.165) is 0 Å². The molecule has 2 atom stereocenters. The van der Waals surface area contributed by atoms with Crippen LogP contribution in [0.5, 0.6) is 0 Å². The maximum absolute atomic E-state index is 11.5. The lowest BCUT2D eigenvalue weighted by molar-refractivity contribution is -0.156. The van der Waals surface area contributed by atoms with Crippen LogP contribution < -0.4 is 5.32 Å². The summed E-state index contributed by atoms with van der Waals surface area (Å²) in [6.07, 6.45) is 1.64. The van der Waals surface area contributed by atoms with Gasteiger partial charge in [0.2, 0.25) is 0 Å². The second-order valence-electron chi connectivity index (χ2n) is 4.49. The quantitative estimate of drug-likeness (QED) is 0.712. The van der Waals surface area contributed by atoms with Crippen LogP contribution in [0.4, 0.5) is 0 Å². The van der Waals surface area contributed by atoms with Gasteiger partial charge in [-0.15, -0.1) is 0 Å². The Hall–Kier alpha value is -0.420. The predicted octanol–water partition coefficient (Wildman–Crippen LogP) is 0.685. The zero-order chi connectivity index (χ0) is 12.1. The minimum Gasteiger partial charge on any atom is -0.459 e. The number of esters is 1. The lowest BCUT2D eigenvalue weighted by Gasteiger charge is -2.22. The topological polar surface area (TPSA) is 55.4 Å². The van der Waals surface area contributed by atoms with Gasteiger partial charge in [-0.3, -0.25) is 9.00 Å². The lowest BCUT2D eigenvalue weighted by atomic mass is 10.2. The predicted molar refractivity (Wildman–Crippen MR) is 62.2 cm³/mol. The first-order chi connectivity index (χ1) is 6.72. The molecule has 0 fully saturated rings. The van der Waals surface area contributed by atoms with Crippen molar-refractivity contribution < 1.29 is 13.7 Å². The maximum atomic E-state index is 11.5. The standard InChI is InChI=1S/C10H21NO3S/c1-8(11-6-7-15(5)13)9(12)14-10(2,3)4/h8,11H,6-7H2,1-5H3. The Morgan fingerprint density at radius 3 is 2.40 bits per heavy atom. The van der Waals surface area contributed by atoms with Crippen LogP contribution in [-0.2, 0) is 20.3 Å². The first-order valence-corrected chi connectivity index (χ1v) is 6.71. The summed E-state index contributed by atoms with van der Waals surface area (Å²) in [7, 11) is -0.829. The molecule has 0 bridgehead atoms. The summed E-state index contributed by atoms with van der Waals surface area (Å²) in [5.74, 6) is 0.275. The monoisotopic (exact) mass is 235 g/mol. The Morgan fingerprint density at radius 1 is 1.47 bits per heavy atom. The molecule has 4 nitrogen and oxygen atoms in total. The Bertz CT molecular complexity index is 235. The van der Waals surface area contributed by atoms with Gasteiger partial charge < -0.3 is 10.1 Å². The minimum absolute atomic E-state index is 0.274. The van der Waals surface area contributed by atoms with Crippen molar-refractivity contribution in [1.82, 2.24) is 5.32 Å². The van der Waals surface area contributed by atoms with Gasteiger partial charge in [-0.2, -0.15) is 0 Å². The van der Waals surface area contributed by atoms with Crippen LogP contribution in [0.1, 0.15) is 27.7 Å². The fourth-order valence-electron chi connectivity index (χ4n) is 0.893. The van der Waals surface area contributed by atoms with Crippen LogP contribution in [0, 0.1) is 0 Å². The molecule has 5 heteroatoms. The van der Waals surface area contributed by atoms with Crippen LogP contribution in [0.2, 0.25) is 0 Å². The van der Waals surface area contributed by atoms with Crippen molar-refractivity contribution in [3.8, 4) is 0 Å². The molecule has 0 saturated carbocycles. The third kappa shape index (κ3) is 8.57. The van der Waals surface area contributed by atoms with Crippen LogP contribution in [-0.4, -0.2) is 40.4 Å². The van der Waals surface area contributed by atoms with Crippen molar-refractivity contribution in [2.75, 3.05) is 18.6 Å². The molecule has 0 radical (unpaired) electrons. The van der Waals surface area contributed by atoms with Crippen molar-refractivity contribution in [2.24, 2.45) is 0 Å². The third-order valence-corrected chi connectivity index (χ3v) is 2.38. The van der Waals surface area contributed by atoms with E-state index in [2.05, 4.69) is 5.32 Å². The summed E-state index contributed by atoms with van der Waals surface area (Å²) in [5.41, 5.74) is -0.458. The maximum Gasteiger partial charge on any atom is 0.323 e. The number of carbonyl (C=O) groups is 1. The van der Waals surface area contributed by atoms with Crippen molar-refractivity contribution in [2.45, 2.75) is 39.3 Å². The molecular formula is C10H21NO3S. The highest BCUT2D eigenvalue weighted by Gasteiger charge is 2.20. The molecule has 15 heavy (non-hydrogen) atoms. The fourth-order valence-corrected chi connectivity index (χ4v) is 1.30. The summed E-state index contributed by atoms with van der Waals surface area (Å²) in [6, 6.07) is -0.354. The normalized spacial score (nSPS) is 15.8. The molecule has 0 heterocycles. The fraction of sp³-hybridized carbons (Fsp3) is 0.900. The highest BCUT2D eigenvalue weighted by atomic mass is 32.2. The molecule has 0 saturated heterocycles.